The predicted octanol–water partition coefficient (Wildman–Crippen LogP) is 8.10. The van der Waals surface area contributed by atoms with Gasteiger partial charge in [-0.1, -0.05) is 86.4 Å². The molecule has 8 atom stereocenters. The van der Waals surface area contributed by atoms with Crippen LogP contribution in [0.2, 0.25) is 25.7 Å². The molecule has 0 radical (unpaired) electrons. The fraction of sp³-hybridized carbons (Fsp3) is 0.476. The largest absolute Gasteiger partial charge is 0.468 e. The van der Waals surface area contributed by atoms with E-state index in [0.29, 0.717) is 44.2 Å². The molecular weight excluding hydrogens is 677 g/mol. The molecule has 2 fully saturated rings. The van der Waals surface area contributed by atoms with Crippen molar-refractivity contribution in [2.24, 2.45) is 0 Å². The van der Waals surface area contributed by atoms with Crippen LogP contribution < -0.4 is 9.47 Å². The van der Waals surface area contributed by atoms with Crippen molar-refractivity contribution < 1.29 is 43.0 Å². The lowest BCUT2D eigenvalue weighted by molar-refractivity contribution is -0.312. The molecule has 4 aromatic rings. The predicted molar refractivity (Wildman–Crippen MR) is 203 cm³/mol. The Morgan fingerprint density at radius 3 is 2.12 bits per heavy atom. The molecule has 0 saturated carbocycles. The average molecular weight is 731 g/mol. The van der Waals surface area contributed by atoms with Crippen molar-refractivity contribution in [3.63, 3.8) is 0 Å². The second kappa shape index (κ2) is 18.1. The highest BCUT2D eigenvalue weighted by molar-refractivity contribution is 6.76. The summed E-state index contributed by atoms with van der Waals surface area (Å²) in [6.45, 7) is 12.5. The van der Waals surface area contributed by atoms with Gasteiger partial charge in [0.15, 0.2) is 13.1 Å². The summed E-state index contributed by atoms with van der Waals surface area (Å²) in [5.74, 6) is 1.37. The highest BCUT2D eigenvalue weighted by atomic mass is 28.3. The lowest BCUT2D eigenvalue weighted by atomic mass is 10.00. The second-order valence-corrected chi connectivity index (χ2v) is 20.7. The molecule has 52 heavy (non-hydrogen) atoms. The molecule has 0 bridgehead atoms. The molecule has 2 heterocycles. The van der Waals surface area contributed by atoms with E-state index in [1.54, 1.807) is 0 Å². The van der Waals surface area contributed by atoms with Gasteiger partial charge >= 0.3 is 0 Å². The summed E-state index contributed by atoms with van der Waals surface area (Å²) < 4.78 is 49.8. The summed E-state index contributed by atoms with van der Waals surface area (Å²) in [4.78, 5) is 0. The van der Waals surface area contributed by atoms with Crippen molar-refractivity contribution in [3.8, 4) is 11.5 Å². The smallest absolute Gasteiger partial charge is 0.202 e. The fourth-order valence-electron chi connectivity index (χ4n) is 6.49. The van der Waals surface area contributed by atoms with Crippen LogP contribution in [0.15, 0.2) is 97.1 Å². The van der Waals surface area contributed by atoms with Gasteiger partial charge in [0.1, 0.15) is 23.7 Å². The SMILES string of the molecule is C[C@H]1O[C@@H](O[C@@H]2[C@@H](C)O[C@@H](Oc3ccc(OCOCC[Si](C)(C)C)cc3)C[C@H]2OCc2ccccc2)C[C@@H](OCc2ccc3ccccc3c2)[C@@H]1O. The van der Waals surface area contributed by atoms with E-state index in [1.807, 2.05) is 80.6 Å². The molecule has 0 aliphatic carbocycles. The van der Waals surface area contributed by atoms with Crippen molar-refractivity contribution in [3.05, 3.63) is 108 Å². The Bertz CT molecular complexity index is 1660. The molecule has 1 N–H and O–H groups in total. The van der Waals surface area contributed by atoms with Gasteiger partial charge in [-0.25, -0.2) is 0 Å². The van der Waals surface area contributed by atoms with E-state index in [2.05, 4.69) is 50.0 Å². The molecule has 0 unspecified atom stereocenters. The maximum absolute atomic E-state index is 11.0. The Kier molecular flexibility index (Phi) is 13.4. The maximum atomic E-state index is 11.0. The molecule has 0 spiro atoms. The van der Waals surface area contributed by atoms with Crippen molar-refractivity contribution in [1.29, 1.82) is 0 Å². The van der Waals surface area contributed by atoms with Crippen molar-refractivity contribution in [2.75, 3.05) is 13.4 Å². The zero-order chi connectivity index (χ0) is 36.5. The first kappa shape index (κ1) is 38.4. The Morgan fingerprint density at radius 2 is 1.35 bits per heavy atom. The van der Waals surface area contributed by atoms with E-state index >= 15 is 0 Å². The highest BCUT2D eigenvalue weighted by Crippen LogP contribution is 2.33. The molecule has 0 amide bonds. The lowest BCUT2D eigenvalue weighted by Crippen LogP contribution is -2.55. The summed E-state index contributed by atoms with van der Waals surface area (Å²) in [5, 5.41) is 13.4. The van der Waals surface area contributed by atoms with Gasteiger partial charge in [0, 0.05) is 27.5 Å². The summed E-state index contributed by atoms with van der Waals surface area (Å²) in [7, 11) is -1.14. The minimum absolute atomic E-state index is 0.218. The van der Waals surface area contributed by atoms with Crippen LogP contribution in [0.3, 0.4) is 0 Å². The molecule has 2 aliphatic heterocycles. The Labute approximate surface area is 309 Å². The van der Waals surface area contributed by atoms with E-state index in [-0.39, 0.29) is 19.0 Å². The summed E-state index contributed by atoms with van der Waals surface area (Å²) in [6.07, 6.45) is -3.29. The molecule has 2 saturated heterocycles. The third-order valence-electron chi connectivity index (χ3n) is 9.56. The van der Waals surface area contributed by atoms with Gasteiger partial charge in [-0.05, 0) is 72.1 Å². The lowest BCUT2D eigenvalue weighted by Gasteiger charge is -2.44. The van der Waals surface area contributed by atoms with Crippen LogP contribution in [-0.2, 0) is 41.6 Å². The van der Waals surface area contributed by atoms with Gasteiger partial charge in [0.2, 0.25) is 6.29 Å². The topological polar surface area (TPSA) is 94.1 Å². The molecule has 4 aromatic carbocycles. The number of aliphatic hydroxyl groups excluding tert-OH is 1. The monoisotopic (exact) mass is 730 g/mol. The quantitative estimate of drug-likeness (QED) is 0.0698. The molecule has 0 aromatic heterocycles. The van der Waals surface area contributed by atoms with Gasteiger partial charge in [-0.3, -0.25) is 0 Å². The van der Waals surface area contributed by atoms with Gasteiger partial charge in [-0.15, -0.1) is 0 Å². The van der Waals surface area contributed by atoms with E-state index in [4.69, 9.17) is 37.9 Å². The minimum Gasteiger partial charge on any atom is -0.468 e. The van der Waals surface area contributed by atoms with Crippen LogP contribution in [0.25, 0.3) is 10.8 Å². The molecule has 6 rings (SSSR count). The number of hydrogen-bond donors (Lipinski definition) is 1. The minimum atomic E-state index is -1.14. The first-order valence-corrected chi connectivity index (χ1v) is 22.2. The van der Waals surface area contributed by atoms with E-state index in [0.717, 1.165) is 22.6 Å². The number of ether oxygens (including phenoxy) is 8. The van der Waals surface area contributed by atoms with Crippen molar-refractivity contribution >= 4 is 18.8 Å². The highest BCUT2D eigenvalue weighted by Gasteiger charge is 2.44. The van der Waals surface area contributed by atoms with Crippen molar-refractivity contribution in [2.45, 2.75) is 115 Å². The Morgan fingerprint density at radius 1 is 0.692 bits per heavy atom. The Hall–Kier alpha value is -3.32. The van der Waals surface area contributed by atoms with Gasteiger partial charge < -0.3 is 43.0 Å². The van der Waals surface area contributed by atoms with Crippen LogP contribution in [0.5, 0.6) is 11.5 Å². The fourth-order valence-corrected chi connectivity index (χ4v) is 7.25. The van der Waals surface area contributed by atoms with Gasteiger partial charge in [-0.2, -0.15) is 0 Å². The van der Waals surface area contributed by atoms with E-state index < -0.39 is 45.1 Å². The van der Waals surface area contributed by atoms with E-state index in [9.17, 15) is 5.11 Å². The summed E-state index contributed by atoms with van der Waals surface area (Å²) in [6, 6.07) is 33.2. The molecule has 2 aliphatic rings. The normalized spacial score (nSPS) is 26.7. The number of fused-ring (bicyclic) bond motifs is 1. The molecule has 10 heteroatoms. The molecule has 9 nitrogen and oxygen atoms in total. The van der Waals surface area contributed by atoms with Crippen LogP contribution >= 0.6 is 0 Å². The van der Waals surface area contributed by atoms with Gasteiger partial charge in [0.25, 0.3) is 0 Å². The zero-order valence-corrected chi connectivity index (χ0v) is 32.0. The van der Waals surface area contributed by atoms with Crippen LogP contribution in [0.1, 0.15) is 37.8 Å². The third-order valence-corrected chi connectivity index (χ3v) is 11.3. The number of benzene rings is 4. The van der Waals surface area contributed by atoms with Crippen molar-refractivity contribution in [1.82, 2.24) is 0 Å². The average Bonchev–Trinajstić information content (AvgIpc) is 3.13. The number of aliphatic hydroxyl groups is 1. The van der Waals surface area contributed by atoms with Crippen LogP contribution in [0, 0.1) is 0 Å². The zero-order valence-electron chi connectivity index (χ0n) is 31.0. The summed E-state index contributed by atoms with van der Waals surface area (Å²) in [5.41, 5.74) is 2.10. The standard InChI is InChI=1S/C42H54O9Si/c1-29-41(43)37(45-27-32-15-16-33-13-9-10-14-34(33)23-32)24-40(48-29)51-42-30(2)49-39(25-38(42)46-26-31-11-7-6-8-12-31)50-36-19-17-35(18-20-36)47-28-44-21-22-52(3,4)5/h6-20,23,29-30,37-43H,21-22,24-28H2,1-5H3/t29-,30-,37-,38-,39+,40+,41-,42-/m1/s1. The Balaban J connectivity index is 1.06. The summed E-state index contributed by atoms with van der Waals surface area (Å²) >= 11 is 0. The molecule has 280 valence electrons. The number of hydrogen-bond acceptors (Lipinski definition) is 9. The third kappa shape index (κ3) is 11.1. The first-order valence-electron chi connectivity index (χ1n) is 18.5. The number of rotatable bonds is 16. The second-order valence-electron chi connectivity index (χ2n) is 15.0. The van der Waals surface area contributed by atoms with Gasteiger partial charge in [0.05, 0.1) is 37.6 Å². The van der Waals surface area contributed by atoms with Crippen LogP contribution in [-0.4, -0.2) is 75.8 Å². The maximum Gasteiger partial charge on any atom is 0.202 e. The molecular formula is C42H54O9Si. The first-order chi connectivity index (χ1) is 25.1. The van der Waals surface area contributed by atoms with E-state index in [1.165, 1.54) is 5.39 Å². The van der Waals surface area contributed by atoms with Crippen LogP contribution in [0.4, 0.5) is 0 Å².